The Morgan fingerprint density at radius 2 is 2.17 bits per heavy atom. The molecule has 0 unspecified atom stereocenters. The van der Waals surface area contributed by atoms with E-state index in [0.29, 0.717) is 11.6 Å². The Morgan fingerprint density at radius 3 is 2.89 bits per heavy atom. The number of nitrogens with one attached hydrogen (secondary N) is 1. The molecule has 3 atom stereocenters. The average molecular weight is 251 g/mol. The van der Waals surface area contributed by atoms with Crippen LogP contribution >= 0.6 is 0 Å². The van der Waals surface area contributed by atoms with Gasteiger partial charge in [-0.05, 0) is 25.3 Å². The summed E-state index contributed by atoms with van der Waals surface area (Å²) in [5, 5.41) is 13.8. The molecule has 0 radical (unpaired) electrons. The van der Waals surface area contributed by atoms with Crippen molar-refractivity contribution in [3.05, 3.63) is 35.6 Å². The van der Waals surface area contributed by atoms with E-state index in [4.69, 9.17) is 0 Å². The predicted octanol–water partition coefficient (Wildman–Crippen LogP) is 3.17. The third-order valence-electron chi connectivity index (χ3n) is 3.76. The summed E-state index contributed by atoms with van der Waals surface area (Å²) in [7, 11) is 0. The van der Waals surface area contributed by atoms with Gasteiger partial charge in [0, 0.05) is 17.6 Å². The zero-order valence-corrected chi connectivity index (χ0v) is 10.9. The van der Waals surface area contributed by atoms with E-state index in [2.05, 4.69) is 12.2 Å². The number of aliphatic hydroxyl groups is 1. The molecule has 0 spiro atoms. The van der Waals surface area contributed by atoms with Crippen molar-refractivity contribution >= 4 is 0 Å². The van der Waals surface area contributed by atoms with Gasteiger partial charge in [-0.2, -0.15) is 0 Å². The molecule has 2 N–H and O–H groups in total. The van der Waals surface area contributed by atoms with E-state index < -0.39 is 6.10 Å². The molecule has 100 valence electrons. The molecule has 1 saturated heterocycles. The van der Waals surface area contributed by atoms with E-state index in [-0.39, 0.29) is 11.9 Å². The minimum absolute atomic E-state index is 0.0211. The fraction of sp³-hybridized carbons (Fsp3) is 0.600. The Kier molecular flexibility index (Phi) is 4.72. The van der Waals surface area contributed by atoms with E-state index in [1.165, 1.54) is 6.07 Å². The number of halogens is 1. The lowest BCUT2D eigenvalue weighted by atomic mass is 9.90. The van der Waals surface area contributed by atoms with Crippen molar-refractivity contribution in [2.24, 2.45) is 0 Å². The third-order valence-corrected chi connectivity index (χ3v) is 3.76. The molecule has 1 fully saturated rings. The third kappa shape index (κ3) is 3.09. The molecule has 1 aliphatic rings. The number of hydrogen-bond donors (Lipinski definition) is 2. The molecule has 0 aliphatic carbocycles. The van der Waals surface area contributed by atoms with Gasteiger partial charge in [-0.1, -0.05) is 38.0 Å². The summed E-state index contributed by atoms with van der Waals surface area (Å²) < 4.78 is 13.7. The van der Waals surface area contributed by atoms with E-state index in [9.17, 15) is 9.50 Å². The molecular formula is C15H22FNO. The molecule has 0 bridgehead atoms. The average Bonchev–Trinajstić information content (AvgIpc) is 2.39. The Bertz CT molecular complexity index is 381. The van der Waals surface area contributed by atoms with Gasteiger partial charge in [-0.15, -0.1) is 0 Å². The van der Waals surface area contributed by atoms with E-state index >= 15 is 0 Å². The molecule has 1 heterocycles. The van der Waals surface area contributed by atoms with Crippen LogP contribution in [0.3, 0.4) is 0 Å². The number of piperidine rings is 1. The second-order valence-corrected chi connectivity index (χ2v) is 5.16. The fourth-order valence-corrected chi connectivity index (χ4v) is 2.81. The standard InChI is InChI=1S/C15H22FNO/c1-2-6-11-7-5-10-14(17-11)15(18)12-8-3-4-9-13(12)16/h3-4,8-9,11,14-15,17-18H,2,5-7,10H2,1H3/t11-,14-,15-/m1/s1. The fourth-order valence-electron chi connectivity index (χ4n) is 2.81. The maximum absolute atomic E-state index is 13.7. The summed E-state index contributed by atoms with van der Waals surface area (Å²) in [6, 6.07) is 6.95. The molecule has 1 aromatic rings. The molecule has 1 aliphatic heterocycles. The van der Waals surface area contributed by atoms with Crippen molar-refractivity contribution in [2.45, 2.75) is 57.2 Å². The van der Waals surface area contributed by atoms with E-state index in [1.807, 2.05) is 0 Å². The number of hydrogen-bond acceptors (Lipinski definition) is 2. The molecule has 2 rings (SSSR count). The van der Waals surface area contributed by atoms with Gasteiger partial charge in [0.2, 0.25) is 0 Å². The summed E-state index contributed by atoms with van der Waals surface area (Å²) in [5.41, 5.74) is 0.409. The van der Waals surface area contributed by atoms with Crippen LogP contribution in [-0.4, -0.2) is 17.2 Å². The molecule has 1 aromatic carbocycles. The van der Waals surface area contributed by atoms with Crippen LogP contribution in [0.5, 0.6) is 0 Å². The van der Waals surface area contributed by atoms with Gasteiger partial charge in [0.15, 0.2) is 0 Å². The van der Waals surface area contributed by atoms with Gasteiger partial charge in [0.1, 0.15) is 5.82 Å². The smallest absolute Gasteiger partial charge is 0.129 e. The van der Waals surface area contributed by atoms with Crippen LogP contribution in [-0.2, 0) is 0 Å². The van der Waals surface area contributed by atoms with Crippen LogP contribution in [0, 0.1) is 5.82 Å². The first-order chi connectivity index (χ1) is 8.72. The summed E-state index contributed by atoms with van der Waals surface area (Å²) in [6.07, 6.45) is 4.70. The highest BCUT2D eigenvalue weighted by atomic mass is 19.1. The van der Waals surface area contributed by atoms with Gasteiger partial charge < -0.3 is 10.4 Å². The molecule has 2 nitrogen and oxygen atoms in total. The quantitative estimate of drug-likeness (QED) is 0.861. The minimum Gasteiger partial charge on any atom is -0.387 e. The van der Waals surface area contributed by atoms with Gasteiger partial charge in [-0.3, -0.25) is 0 Å². The number of aliphatic hydroxyl groups excluding tert-OH is 1. The molecule has 18 heavy (non-hydrogen) atoms. The predicted molar refractivity (Wildman–Crippen MR) is 70.8 cm³/mol. The number of benzene rings is 1. The Balaban J connectivity index is 2.04. The summed E-state index contributed by atoms with van der Waals surface area (Å²) in [5.74, 6) is -0.315. The summed E-state index contributed by atoms with van der Waals surface area (Å²) in [4.78, 5) is 0. The highest BCUT2D eigenvalue weighted by Gasteiger charge is 2.28. The Hall–Kier alpha value is -0.930. The lowest BCUT2D eigenvalue weighted by molar-refractivity contribution is 0.0966. The first kappa shape index (κ1) is 13.5. The van der Waals surface area contributed by atoms with Crippen molar-refractivity contribution < 1.29 is 9.50 Å². The largest absolute Gasteiger partial charge is 0.387 e. The number of rotatable bonds is 4. The maximum Gasteiger partial charge on any atom is 0.129 e. The highest BCUT2D eigenvalue weighted by Crippen LogP contribution is 2.27. The van der Waals surface area contributed by atoms with Crippen LogP contribution in [0.1, 0.15) is 50.7 Å². The molecular weight excluding hydrogens is 229 g/mol. The van der Waals surface area contributed by atoms with Gasteiger partial charge in [0.25, 0.3) is 0 Å². The molecule has 0 saturated carbocycles. The summed E-state index contributed by atoms with van der Waals surface area (Å²) in [6.45, 7) is 2.17. The van der Waals surface area contributed by atoms with Crippen molar-refractivity contribution in [1.82, 2.24) is 5.32 Å². The Morgan fingerprint density at radius 1 is 1.39 bits per heavy atom. The minimum atomic E-state index is -0.745. The topological polar surface area (TPSA) is 32.3 Å². The van der Waals surface area contributed by atoms with Crippen molar-refractivity contribution in [1.29, 1.82) is 0 Å². The van der Waals surface area contributed by atoms with Gasteiger partial charge in [-0.25, -0.2) is 4.39 Å². The molecule has 0 amide bonds. The van der Waals surface area contributed by atoms with Crippen LogP contribution in [0.4, 0.5) is 4.39 Å². The first-order valence-corrected chi connectivity index (χ1v) is 6.91. The molecule has 0 aromatic heterocycles. The van der Waals surface area contributed by atoms with Crippen LogP contribution < -0.4 is 5.32 Å². The van der Waals surface area contributed by atoms with Gasteiger partial charge >= 0.3 is 0 Å². The lowest BCUT2D eigenvalue weighted by Crippen LogP contribution is -2.45. The Labute approximate surface area is 108 Å². The summed E-state index contributed by atoms with van der Waals surface area (Å²) >= 11 is 0. The van der Waals surface area contributed by atoms with E-state index in [1.54, 1.807) is 18.2 Å². The van der Waals surface area contributed by atoms with Crippen LogP contribution in [0.15, 0.2) is 24.3 Å². The van der Waals surface area contributed by atoms with Gasteiger partial charge in [0.05, 0.1) is 6.10 Å². The zero-order valence-electron chi connectivity index (χ0n) is 10.9. The van der Waals surface area contributed by atoms with Crippen LogP contribution in [0.25, 0.3) is 0 Å². The highest BCUT2D eigenvalue weighted by molar-refractivity contribution is 5.21. The first-order valence-electron chi connectivity index (χ1n) is 6.91. The molecule has 3 heteroatoms. The SMILES string of the molecule is CCC[C@@H]1CCC[C@H]([C@H](O)c2ccccc2F)N1. The second kappa shape index (κ2) is 6.30. The van der Waals surface area contributed by atoms with Crippen LogP contribution in [0.2, 0.25) is 0 Å². The maximum atomic E-state index is 13.7. The zero-order chi connectivity index (χ0) is 13.0. The lowest BCUT2D eigenvalue weighted by Gasteiger charge is -2.34. The van der Waals surface area contributed by atoms with Crippen molar-refractivity contribution in [3.63, 3.8) is 0 Å². The van der Waals surface area contributed by atoms with Crippen molar-refractivity contribution in [3.8, 4) is 0 Å². The monoisotopic (exact) mass is 251 g/mol. The second-order valence-electron chi connectivity index (χ2n) is 5.16. The normalized spacial score (nSPS) is 25.9. The van der Waals surface area contributed by atoms with E-state index in [0.717, 1.165) is 32.1 Å². The van der Waals surface area contributed by atoms with Crippen molar-refractivity contribution in [2.75, 3.05) is 0 Å².